The van der Waals surface area contributed by atoms with Crippen LogP contribution in [0.15, 0.2) is 24.3 Å². The molecule has 2 aromatic rings. The first kappa shape index (κ1) is 12.4. The van der Waals surface area contributed by atoms with Crippen LogP contribution in [0, 0.1) is 12.7 Å². The molecule has 5 heteroatoms. The average Bonchev–Trinajstić information content (AvgIpc) is 2.27. The molecule has 0 aliphatic rings. The summed E-state index contributed by atoms with van der Waals surface area (Å²) in [7, 11) is 1.57. The topological polar surface area (TPSA) is 61.0 Å². The molecule has 0 saturated heterocycles. The molecular formula is C13H14FN3O. The Balaban J connectivity index is 2.49. The molecule has 0 aliphatic heterocycles. The first-order valence-corrected chi connectivity index (χ1v) is 5.48. The number of methoxy groups -OCH3 is 1. The van der Waals surface area contributed by atoms with Crippen molar-refractivity contribution in [2.24, 2.45) is 0 Å². The van der Waals surface area contributed by atoms with Gasteiger partial charge in [-0.05, 0) is 30.7 Å². The van der Waals surface area contributed by atoms with Crippen LogP contribution in [0.4, 0.5) is 10.2 Å². The number of nitrogens with two attached hydrogens (primary N) is 1. The highest BCUT2D eigenvalue weighted by Crippen LogP contribution is 2.20. The van der Waals surface area contributed by atoms with Crippen molar-refractivity contribution in [3.8, 4) is 11.4 Å². The van der Waals surface area contributed by atoms with Gasteiger partial charge >= 0.3 is 0 Å². The lowest BCUT2D eigenvalue weighted by atomic mass is 10.1. The minimum Gasteiger partial charge on any atom is -0.384 e. The maximum absolute atomic E-state index is 13.4. The summed E-state index contributed by atoms with van der Waals surface area (Å²) in [4.78, 5) is 8.41. The summed E-state index contributed by atoms with van der Waals surface area (Å²) in [6.07, 6.45) is 0. The molecule has 0 atom stereocenters. The van der Waals surface area contributed by atoms with E-state index in [0.717, 1.165) is 5.56 Å². The summed E-state index contributed by atoms with van der Waals surface area (Å²) in [5.74, 6) is 0.433. The van der Waals surface area contributed by atoms with Gasteiger partial charge in [-0.1, -0.05) is 0 Å². The van der Waals surface area contributed by atoms with Crippen LogP contribution in [0.25, 0.3) is 11.4 Å². The van der Waals surface area contributed by atoms with E-state index in [1.54, 1.807) is 13.2 Å². The summed E-state index contributed by atoms with van der Waals surface area (Å²) in [6, 6.07) is 6.29. The van der Waals surface area contributed by atoms with Gasteiger partial charge in [-0.2, -0.15) is 0 Å². The fraction of sp³-hybridized carbons (Fsp3) is 0.231. The summed E-state index contributed by atoms with van der Waals surface area (Å²) in [6.45, 7) is 2.16. The Kier molecular flexibility index (Phi) is 3.53. The van der Waals surface area contributed by atoms with Crippen LogP contribution >= 0.6 is 0 Å². The second-order valence-corrected chi connectivity index (χ2v) is 4.06. The number of rotatable bonds is 3. The molecule has 0 amide bonds. The SMILES string of the molecule is COCc1cc(N)nc(-c2cc(C)cc(F)c2)n1. The largest absolute Gasteiger partial charge is 0.384 e. The number of aromatic nitrogens is 2. The standard InChI is InChI=1S/C13H14FN3O/c1-8-3-9(5-10(14)4-8)13-16-11(7-18-2)6-12(15)17-13/h3-6H,7H2,1-2H3,(H2,15,16,17). The van der Waals surface area contributed by atoms with E-state index >= 15 is 0 Å². The van der Waals surface area contributed by atoms with Crippen molar-refractivity contribution in [3.63, 3.8) is 0 Å². The Morgan fingerprint density at radius 2 is 2.00 bits per heavy atom. The van der Waals surface area contributed by atoms with E-state index in [1.165, 1.54) is 12.1 Å². The molecule has 1 heterocycles. The Bertz CT molecular complexity index is 552. The summed E-state index contributed by atoms with van der Waals surface area (Å²) >= 11 is 0. The van der Waals surface area contributed by atoms with Gasteiger partial charge < -0.3 is 10.5 Å². The number of benzene rings is 1. The zero-order valence-corrected chi connectivity index (χ0v) is 10.3. The van der Waals surface area contributed by atoms with Crippen LogP contribution in [0.3, 0.4) is 0 Å². The molecule has 1 aromatic carbocycles. The molecule has 0 radical (unpaired) electrons. The number of nitrogens with zero attached hydrogens (tertiary/aromatic N) is 2. The molecule has 2 rings (SSSR count). The predicted octanol–water partition coefficient (Wildman–Crippen LogP) is 2.32. The lowest BCUT2D eigenvalue weighted by Gasteiger charge is -2.06. The number of halogens is 1. The Morgan fingerprint density at radius 3 is 2.67 bits per heavy atom. The Hall–Kier alpha value is -2.01. The van der Waals surface area contributed by atoms with E-state index in [0.29, 0.717) is 29.5 Å². The van der Waals surface area contributed by atoms with Crippen molar-refractivity contribution in [3.05, 3.63) is 41.3 Å². The van der Waals surface area contributed by atoms with Crippen molar-refractivity contribution < 1.29 is 9.13 Å². The van der Waals surface area contributed by atoms with Gasteiger partial charge in [0.05, 0.1) is 12.3 Å². The van der Waals surface area contributed by atoms with Gasteiger partial charge in [-0.3, -0.25) is 0 Å². The number of hydrogen-bond donors (Lipinski definition) is 1. The van der Waals surface area contributed by atoms with Gasteiger partial charge in [0.2, 0.25) is 0 Å². The quantitative estimate of drug-likeness (QED) is 0.904. The molecule has 1 aromatic heterocycles. The second kappa shape index (κ2) is 5.10. The number of nitrogen functional groups attached to an aromatic ring is 1. The summed E-state index contributed by atoms with van der Waals surface area (Å²) < 4.78 is 18.4. The highest BCUT2D eigenvalue weighted by Gasteiger charge is 2.07. The van der Waals surface area contributed by atoms with Gasteiger partial charge in [0, 0.05) is 18.7 Å². The van der Waals surface area contributed by atoms with Crippen molar-refractivity contribution in [1.82, 2.24) is 9.97 Å². The van der Waals surface area contributed by atoms with E-state index in [2.05, 4.69) is 9.97 Å². The van der Waals surface area contributed by atoms with Gasteiger partial charge in [0.1, 0.15) is 11.6 Å². The molecule has 0 spiro atoms. The molecule has 94 valence electrons. The monoisotopic (exact) mass is 247 g/mol. The number of aryl methyl sites for hydroxylation is 1. The molecule has 2 N–H and O–H groups in total. The van der Waals surface area contributed by atoms with Crippen LogP contribution in [0.1, 0.15) is 11.3 Å². The third kappa shape index (κ3) is 2.81. The van der Waals surface area contributed by atoms with E-state index in [-0.39, 0.29) is 5.82 Å². The third-order valence-electron chi connectivity index (χ3n) is 2.39. The predicted molar refractivity (Wildman–Crippen MR) is 67.3 cm³/mol. The third-order valence-corrected chi connectivity index (χ3v) is 2.39. The highest BCUT2D eigenvalue weighted by atomic mass is 19.1. The van der Waals surface area contributed by atoms with Crippen molar-refractivity contribution >= 4 is 5.82 Å². The second-order valence-electron chi connectivity index (χ2n) is 4.06. The minimum atomic E-state index is -0.315. The minimum absolute atomic E-state index is 0.315. The summed E-state index contributed by atoms with van der Waals surface area (Å²) in [5, 5.41) is 0. The normalized spacial score (nSPS) is 10.6. The zero-order valence-electron chi connectivity index (χ0n) is 10.3. The number of ether oxygens (including phenoxy) is 1. The smallest absolute Gasteiger partial charge is 0.161 e. The fourth-order valence-electron chi connectivity index (χ4n) is 1.73. The number of anilines is 1. The first-order chi connectivity index (χ1) is 8.58. The van der Waals surface area contributed by atoms with Crippen LogP contribution in [0.5, 0.6) is 0 Å². The molecular weight excluding hydrogens is 233 g/mol. The molecule has 0 fully saturated rings. The van der Waals surface area contributed by atoms with E-state index < -0.39 is 0 Å². The maximum Gasteiger partial charge on any atom is 0.161 e. The van der Waals surface area contributed by atoms with Gasteiger partial charge in [-0.15, -0.1) is 0 Å². The lowest BCUT2D eigenvalue weighted by Crippen LogP contribution is -2.01. The molecule has 0 bridgehead atoms. The molecule has 4 nitrogen and oxygen atoms in total. The van der Waals surface area contributed by atoms with Crippen LogP contribution in [-0.4, -0.2) is 17.1 Å². The van der Waals surface area contributed by atoms with E-state index in [9.17, 15) is 4.39 Å². The van der Waals surface area contributed by atoms with Crippen LogP contribution < -0.4 is 5.73 Å². The molecule has 18 heavy (non-hydrogen) atoms. The Labute approximate surface area is 105 Å². The molecule has 0 aliphatic carbocycles. The van der Waals surface area contributed by atoms with Gasteiger partial charge in [0.15, 0.2) is 5.82 Å². The van der Waals surface area contributed by atoms with Crippen LogP contribution in [0.2, 0.25) is 0 Å². The lowest BCUT2D eigenvalue weighted by molar-refractivity contribution is 0.181. The van der Waals surface area contributed by atoms with Crippen molar-refractivity contribution in [2.45, 2.75) is 13.5 Å². The van der Waals surface area contributed by atoms with Gasteiger partial charge in [0.25, 0.3) is 0 Å². The summed E-state index contributed by atoms with van der Waals surface area (Å²) in [5.41, 5.74) is 7.79. The van der Waals surface area contributed by atoms with Gasteiger partial charge in [-0.25, -0.2) is 14.4 Å². The average molecular weight is 247 g/mol. The van der Waals surface area contributed by atoms with Crippen LogP contribution in [-0.2, 0) is 11.3 Å². The first-order valence-electron chi connectivity index (χ1n) is 5.48. The van der Waals surface area contributed by atoms with Crippen molar-refractivity contribution in [1.29, 1.82) is 0 Å². The van der Waals surface area contributed by atoms with Crippen molar-refractivity contribution in [2.75, 3.05) is 12.8 Å². The fourth-order valence-corrected chi connectivity index (χ4v) is 1.73. The van der Waals surface area contributed by atoms with E-state index in [4.69, 9.17) is 10.5 Å². The molecule has 0 unspecified atom stereocenters. The Morgan fingerprint density at radius 1 is 1.22 bits per heavy atom. The zero-order chi connectivity index (χ0) is 13.1. The number of hydrogen-bond acceptors (Lipinski definition) is 4. The molecule has 0 saturated carbocycles. The maximum atomic E-state index is 13.4. The highest BCUT2D eigenvalue weighted by molar-refractivity contribution is 5.58. The van der Waals surface area contributed by atoms with E-state index in [1.807, 2.05) is 13.0 Å².